The molecule has 1 aromatic heterocycles. The second-order valence-corrected chi connectivity index (χ2v) is 6.54. The van der Waals surface area contributed by atoms with E-state index in [2.05, 4.69) is 22.7 Å². The van der Waals surface area contributed by atoms with E-state index in [1.165, 1.54) is 0 Å². The largest absolute Gasteiger partial charge is 0.333 e. The molecule has 3 rings (SSSR count). The minimum absolute atomic E-state index is 0.0237. The molecule has 5 nitrogen and oxygen atoms in total. The summed E-state index contributed by atoms with van der Waals surface area (Å²) < 4.78 is 15.9. The van der Waals surface area contributed by atoms with E-state index < -0.39 is 0 Å². The number of carbonyl (C=O) groups is 1. The van der Waals surface area contributed by atoms with Crippen molar-refractivity contribution in [1.29, 1.82) is 0 Å². The Kier molecular flexibility index (Phi) is 5.14. The summed E-state index contributed by atoms with van der Waals surface area (Å²) in [5.74, 6) is 0.774. The summed E-state index contributed by atoms with van der Waals surface area (Å²) in [6.07, 6.45) is 8.69. The molecule has 1 aromatic rings. The highest BCUT2D eigenvalue weighted by Gasteiger charge is 2.24. The van der Waals surface area contributed by atoms with Crippen LogP contribution in [0.15, 0.2) is 29.7 Å². The van der Waals surface area contributed by atoms with Crippen LogP contribution in [-0.4, -0.2) is 32.9 Å². The molecule has 0 spiro atoms. The summed E-state index contributed by atoms with van der Waals surface area (Å²) in [6.45, 7) is 4.05. The van der Waals surface area contributed by atoms with Gasteiger partial charge in [-0.2, -0.15) is 0 Å². The summed E-state index contributed by atoms with van der Waals surface area (Å²) in [6, 6.07) is -0.353. The Morgan fingerprint density at radius 3 is 2.92 bits per heavy atom. The van der Waals surface area contributed by atoms with E-state index in [9.17, 15) is 9.18 Å². The van der Waals surface area contributed by atoms with Crippen LogP contribution >= 0.6 is 0 Å². The van der Waals surface area contributed by atoms with Gasteiger partial charge in [0.1, 0.15) is 11.7 Å². The Labute approximate surface area is 142 Å². The molecule has 0 aromatic carbocycles. The number of carbonyl (C=O) groups excluding carboxylic acids is 1. The fourth-order valence-corrected chi connectivity index (χ4v) is 3.28. The van der Waals surface area contributed by atoms with Crippen LogP contribution in [0.4, 0.5) is 4.39 Å². The maximum atomic E-state index is 13.7. The van der Waals surface area contributed by atoms with Crippen LogP contribution in [0, 0.1) is 0 Å². The molecule has 1 aliphatic heterocycles. The Hall–Kier alpha value is -1.95. The van der Waals surface area contributed by atoms with Crippen LogP contribution in [0.1, 0.15) is 44.1 Å². The number of aryl methyl sites for hydroxylation is 1. The smallest absolute Gasteiger partial charge is 0.224 e. The van der Waals surface area contributed by atoms with Crippen molar-refractivity contribution in [2.24, 2.45) is 5.73 Å². The lowest BCUT2D eigenvalue weighted by Crippen LogP contribution is -2.41. The van der Waals surface area contributed by atoms with Crippen molar-refractivity contribution in [3.8, 4) is 0 Å². The van der Waals surface area contributed by atoms with Gasteiger partial charge in [0.15, 0.2) is 0 Å². The van der Waals surface area contributed by atoms with Crippen LogP contribution in [0.2, 0.25) is 0 Å². The van der Waals surface area contributed by atoms with Gasteiger partial charge in [-0.05, 0) is 37.3 Å². The molecule has 2 aliphatic rings. The van der Waals surface area contributed by atoms with Gasteiger partial charge in [0.25, 0.3) is 0 Å². The van der Waals surface area contributed by atoms with Crippen LogP contribution in [0.25, 0.3) is 0 Å². The Bertz CT molecular complexity index is 677. The lowest BCUT2D eigenvalue weighted by atomic mass is 9.97. The third-order valence-corrected chi connectivity index (χ3v) is 4.67. The fourth-order valence-electron chi connectivity index (χ4n) is 3.28. The van der Waals surface area contributed by atoms with E-state index in [4.69, 9.17) is 5.73 Å². The predicted octanol–water partition coefficient (Wildman–Crippen LogP) is 2.47. The molecule has 0 saturated carbocycles. The first-order chi connectivity index (χ1) is 11.6. The maximum absolute atomic E-state index is 13.7. The molecule has 1 amide bonds. The molecule has 1 aliphatic carbocycles. The van der Waals surface area contributed by atoms with Gasteiger partial charge in [0.05, 0.1) is 12.2 Å². The van der Waals surface area contributed by atoms with Crippen molar-refractivity contribution in [2.75, 3.05) is 6.54 Å². The lowest BCUT2D eigenvalue weighted by Gasteiger charge is -2.28. The van der Waals surface area contributed by atoms with E-state index in [-0.39, 0.29) is 24.2 Å². The number of rotatable bonds is 5. The van der Waals surface area contributed by atoms with E-state index in [0.717, 1.165) is 37.3 Å². The number of halogens is 1. The quantitative estimate of drug-likeness (QED) is 0.901. The van der Waals surface area contributed by atoms with E-state index >= 15 is 0 Å². The molecular formula is C18H25FN4O. The van der Waals surface area contributed by atoms with Crippen molar-refractivity contribution in [3.63, 3.8) is 0 Å². The number of hydrogen-bond donors (Lipinski definition) is 1. The van der Waals surface area contributed by atoms with E-state index in [1.807, 2.05) is 11.0 Å². The molecule has 0 radical (unpaired) electrons. The second kappa shape index (κ2) is 7.30. The number of fused-ring (bicyclic) bond motifs is 1. The predicted molar refractivity (Wildman–Crippen MR) is 90.7 cm³/mol. The van der Waals surface area contributed by atoms with Gasteiger partial charge in [-0.3, -0.25) is 4.79 Å². The summed E-state index contributed by atoms with van der Waals surface area (Å²) >= 11 is 0. The first-order valence-corrected chi connectivity index (χ1v) is 8.70. The highest BCUT2D eigenvalue weighted by atomic mass is 19.1. The first kappa shape index (κ1) is 16.9. The molecule has 24 heavy (non-hydrogen) atoms. The fraction of sp³-hybridized carbons (Fsp3) is 0.556. The molecule has 130 valence electrons. The van der Waals surface area contributed by atoms with Crippen molar-refractivity contribution in [2.45, 2.75) is 58.2 Å². The minimum atomic E-state index is -0.353. The van der Waals surface area contributed by atoms with Gasteiger partial charge in [0, 0.05) is 31.7 Å². The van der Waals surface area contributed by atoms with E-state index in [1.54, 1.807) is 6.08 Å². The zero-order valence-corrected chi connectivity index (χ0v) is 14.2. The van der Waals surface area contributed by atoms with Crippen LogP contribution in [0.3, 0.4) is 0 Å². The average molecular weight is 332 g/mol. The van der Waals surface area contributed by atoms with Crippen molar-refractivity contribution in [3.05, 3.63) is 41.3 Å². The van der Waals surface area contributed by atoms with Gasteiger partial charge in [-0.25, -0.2) is 9.37 Å². The maximum Gasteiger partial charge on any atom is 0.224 e. The van der Waals surface area contributed by atoms with Gasteiger partial charge in [-0.15, -0.1) is 0 Å². The zero-order valence-electron chi connectivity index (χ0n) is 14.2. The summed E-state index contributed by atoms with van der Waals surface area (Å²) in [5.41, 5.74) is 7.79. The molecule has 1 atom stereocenters. The molecule has 0 unspecified atom stereocenters. The van der Waals surface area contributed by atoms with Gasteiger partial charge >= 0.3 is 0 Å². The van der Waals surface area contributed by atoms with Crippen LogP contribution in [0.5, 0.6) is 0 Å². The van der Waals surface area contributed by atoms with Crippen molar-refractivity contribution < 1.29 is 9.18 Å². The lowest BCUT2D eigenvalue weighted by molar-refractivity contribution is -0.133. The van der Waals surface area contributed by atoms with Crippen LogP contribution < -0.4 is 5.73 Å². The van der Waals surface area contributed by atoms with Gasteiger partial charge in [-0.1, -0.05) is 13.0 Å². The topological polar surface area (TPSA) is 64.2 Å². The Morgan fingerprint density at radius 2 is 2.17 bits per heavy atom. The first-order valence-electron chi connectivity index (χ1n) is 8.70. The van der Waals surface area contributed by atoms with Crippen molar-refractivity contribution in [1.82, 2.24) is 14.5 Å². The molecular weight excluding hydrogens is 307 g/mol. The SMILES string of the molecule is CCc1cn2c(n1)CN(C(=O)C[C@H](N)CC1=CCCC=C1F)CC2. The number of nitrogens with zero attached hydrogens (tertiary/aromatic N) is 3. The van der Waals surface area contributed by atoms with Crippen molar-refractivity contribution >= 4 is 5.91 Å². The molecule has 2 N–H and O–H groups in total. The normalized spacial score (nSPS) is 18.7. The average Bonchev–Trinajstić information content (AvgIpc) is 2.99. The number of imidazole rings is 1. The molecule has 0 bridgehead atoms. The second-order valence-electron chi connectivity index (χ2n) is 6.54. The number of amides is 1. The molecule has 2 heterocycles. The standard InChI is InChI=1S/C18H25FN4O/c1-2-15-11-22-7-8-23(12-17(22)21-15)18(24)10-14(20)9-13-5-3-4-6-16(13)19/h5-6,11,14H,2-4,7-10,12,20H2,1H3/t14-/m1/s1. The van der Waals surface area contributed by atoms with Gasteiger partial charge < -0.3 is 15.2 Å². The monoisotopic (exact) mass is 332 g/mol. The minimum Gasteiger partial charge on any atom is -0.333 e. The number of allylic oxidation sites excluding steroid dienone is 3. The highest BCUT2D eigenvalue weighted by molar-refractivity contribution is 5.77. The van der Waals surface area contributed by atoms with Crippen LogP contribution in [-0.2, 0) is 24.3 Å². The third-order valence-electron chi connectivity index (χ3n) is 4.67. The molecule has 0 saturated heterocycles. The molecule has 6 heteroatoms. The number of hydrogen-bond acceptors (Lipinski definition) is 3. The molecule has 0 fully saturated rings. The van der Waals surface area contributed by atoms with Gasteiger partial charge in [0.2, 0.25) is 5.91 Å². The zero-order chi connectivity index (χ0) is 17.1. The van der Waals surface area contributed by atoms with E-state index in [0.29, 0.717) is 25.1 Å². The summed E-state index contributed by atoms with van der Waals surface area (Å²) in [4.78, 5) is 18.9. The number of aromatic nitrogens is 2. The Balaban J connectivity index is 1.55. The number of nitrogens with two attached hydrogens (primary N) is 1. The Morgan fingerprint density at radius 1 is 1.38 bits per heavy atom. The summed E-state index contributed by atoms with van der Waals surface area (Å²) in [7, 11) is 0. The summed E-state index contributed by atoms with van der Waals surface area (Å²) in [5, 5.41) is 0. The highest BCUT2D eigenvalue weighted by Crippen LogP contribution is 2.24. The third kappa shape index (κ3) is 3.75.